The molecule has 2 atom stereocenters. The van der Waals surface area contributed by atoms with Gasteiger partial charge < -0.3 is 19.7 Å². The van der Waals surface area contributed by atoms with Gasteiger partial charge in [0.05, 0.1) is 25.1 Å². The molecule has 2 aliphatic heterocycles. The van der Waals surface area contributed by atoms with Crippen LogP contribution in [0.25, 0.3) is 0 Å². The molecule has 0 bridgehead atoms. The van der Waals surface area contributed by atoms with Gasteiger partial charge in [-0.2, -0.15) is 0 Å². The molecule has 1 spiro atoms. The molecular weight excluding hydrogens is 348 g/mol. The first-order valence-electron chi connectivity index (χ1n) is 9.30. The van der Waals surface area contributed by atoms with Crippen molar-refractivity contribution in [2.45, 2.75) is 44.2 Å². The number of likely N-dealkylation sites (tertiary alicyclic amines) is 1. The third kappa shape index (κ3) is 4.47. The molecule has 1 aromatic carbocycles. The van der Waals surface area contributed by atoms with Crippen LogP contribution in [0.15, 0.2) is 24.3 Å². The van der Waals surface area contributed by atoms with Gasteiger partial charge in [-0.25, -0.2) is 0 Å². The maximum absolute atomic E-state index is 12.5. The maximum atomic E-state index is 12.5. The Hall–Kier alpha value is -2.41. The number of benzene rings is 1. The molecule has 2 heterocycles. The Bertz CT molecular complexity index is 735. The van der Waals surface area contributed by atoms with Crippen LogP contribution < -0.4 is 10.1 Å². The van der Waals surface area contributed by atoms with E-state index in [2.05, 4.69) is 5.32 Å². The fourth-order valence-corrected chi connectivity index (χ4v) is 3.76. The highest BCUT2D eigenvalue weighted by Gasteiger charge is 2.43. The number of fused-ring (bicyclic) bond motifs is 1. The minimum Gasteiger partial charge on any atom is -0.486 e. The van der Waals surface area contributed by atoms with Crippen LogP contribution >= 0.6 is 0 Å². The van der Waals surface area contributed by atoms with Gasteiger partial charge in [-0.3, -0.25) is 14.4 Å². The number of methoxy groups -OCH3 is 1. The Morgan fingerprint density at radius 2 is 2.11 bits per heavy atom. The van der Waals surface area contributed by atoms with E-state index in [1.54, 1.807) is 24.1 Å². The highest BCUT2D eigenvalue weighted by molar-refractivity contribution is 6.00. The Morgan fingerprint density at radius 3 is 2.89 bits per heavy atom. The first-order valence-corrected chi connectivity index (χ1v) is 9.30. The van der Waals surface area contributed by atoms with Crippen LogP contribution in [-0.2, 0) is 14.3 Å². The van der Waals surface area contributed by atoms with Crippen LogP contribution in [0.4, 0.5) is 0 Å². The van der Waals surface area contributed by atoms with Crippen molar-refractivity contribution in [1.82, 2.24) is 10.2 Å². The molecule has 1 fully saturated rings. The van der Waals surface area contributed by atoms with E-state index in [4.69, 9.17) is 9.47 Å². The quantitative estimate of drug-likeness (QED) is 0.845. The van der Waals surface area contributed by atoms with Crippen molar-refractivity contribution < 1.29 is 23.9 Å². The minimum absolute atomic E-state index is 0.00744. The van der Waals surface area contributed by atoms with Gasteiger partial charge in [0.2, 0.25) is 11.8 Å². The molecular formula is C20H26N2O5. The summed E-state index contributed by atoms with van der Waals surface area (Å²) in [6.45, 7) is 2.66. The molecule has 0 saturated carbocycles. The fraction of sp³-hybridized carbons (Fsp3) is 0.550. The van der Waals surface area contributed by atoms with Crippen LogP contribution in [0.2, 0.25) is 0 Å². The smallest absolute Gasteiger partial charge is 0.239 e. The molecule has 2 amide bonds. The van der Waals surface area contributed by atoms with Crippen molar-refractivity contribution >= 4 is 17.6 Å². The lowest BCUT2D eigenvalue weighted by Gasteiger charge is -2.37. The SMILES string of the molecule is COC[C@@H](C)NC(=O)CN1CC[C@]2(CCC1=O)CC(=O)c1ccccc1O2. The van der Waals surface area contributed by atoms with Gasteiger partial charge >= 0.3 is 0 Å². The van der Waals surface area contributed by atoms with E-state index in [0.29, 0.717) is 37.3 Å². The van der Waals surface area contributed by atoms with Crippen LogP contribution in [0, 0.1) is 0 Å². The van der Waals surface area contributed by atoms with Gasteiger partial charge in [0.15, 0.2) is 5.78 Å². The van der Waals surface area contributed by atoms with E-state index in [0.717, 1.165) is 0 Å². The molecule has 0 unspecified atom stereocenters. The van der Waals surface area contributed by atoms with E-state index in [1.165, 1.54) is 0 Å². The zero-order chi connectivity index (χ0) is 19.4. The second-order valence-corrected chi connectivity index (χ2v) is 7.37. The topological polar surface area (TPSA) is 84.9 Å². The molecule has 7 nitrogen and oxygen atoms in total. The summed E-state index contributed by atoms with van der Waals surface area (Å²) >= 11 is 0. The molecule has 0 aromatic heterocycles. The van der Waals surface area contributed by atoms with Gasteiger partial charge in [-0.15, -0.1) is 0 Å². The summed E-state index contributed by atoms with van der Waals surface area (Å²) in [7, 11) is 1.57. The van der Waals surface area contributed by atoms with Crippen molar-refractivity contribution in [2.24, 2.45) is 0 Å². The molecule has 3 rings (SSSR count). The first-order chi connectivity index (χ1) is 12.9. The largest absolute Gasteiger partial charge is 0.486 e. The van der Waals surface area contributed by atoms with Crippen LogP contribution in [0.3, 0.4) is 0 Å². The molecule has 1 saturated heterocycles. The van der Waals surface area contributed by atoms with Crippen molar-refractivity contribution in [3.63, 3.8) is 0 Å². The summed E-state index contributed by atoms with van der Waals surface area (Å²) in [4.78, 5) is 38.8. The number of Topliss-reactive ketones (excluding diaryl/α,β-unsaturated/α-hetero) is 1. The molecule has 2 aliphatic rings. The third-order valence-corrected chi connectivity index (χ3v) is 5.14. The van der Waals surface area contributed by atoms with E-state index < -0.39 is 5.60 Å². The number of para-hydroxylation sites is 1. The lowest BCUT2D eigenvalue weighted by atomic mass is 9.84. The summed E-state index contributed by atoms with van der Waals surface area (Å²) < 4.78 is 11.2. The monoisotopic (exact) mass is 374 g/mol. The van der Waals surface area contributed by atoms with Gasteiger partial charge in [0.1, 0.15) is 11.4 Å². The zero-order valence-corrected chi connectivity index (χ0v) is 15.8. The Labute approximate surface area is 159 Å². The molecule has 0 aliphatic carbocycles. The third-order valence-electron chi connectivity index (χ3n) is 5.14. The summed E-state index contributed by atoms with van der Waals surface area (Å²) in [5, 5.41) is 2.82. The first kappa shape index (κ1) is 19.4. The Kier molecular flexibility index (Phi) is 5.79. The van der Waals surface area contributed by atoms with Crippen molar-refractivity contribution in [3.05, 3.63) is 29.8 Å². The number of carbonyl (C=O) groups is 3. The average Bonchev–Trinajstić information content (AvgIpc) is 2.76. The number of nitrogens with zero attached hydrogens (tertiary/aromatic N) is 1. The summed E-state index contributed by atoms with van der Waals surface area (Å²) in [5.41, 5.74) is -0.0718. The molecule has 146 valence electrons. The van der Waals surface area contributed by atoms with E-state index >= 15 is 0 Å². The Balaban J connectivity index is 1.65. The second-order valence-electron chi connectivity index (χ2n) is 7.37. The Morgan fingerprint density at radius 1 is 1.33 bits per heavy atom. The zero-order valence-electron chi connectivity index (χ0n) is 15.8. The number of ketones is 1. The summed E-state index contributed by atoms with van der Waals surface area (Å²) in [5.74, 6) is 0.329. The number of hydrogen-bond donors (Lipinski definition) is 1. The molecule has 1 aromatic rings. The fourth-order valence-electron chi connectivity index (χ4n) is 3.76. The summed E-state index contributed by atoms with van der Waals surface area (Å²) in [6.07, 6.45) is 1.53. The number of carbonyl (C=O) groups excluding carboxylic acids is 3. The summed E-state index contributed by atoms with van der Waals surface area (Å²) in [6, 6.07) is 7.10. The predicted molar refractivity (Wildman–Crippen MR) is 98.7 cm³/mol. The number of rotatable bonds is 5. The van der Waals surface area contributed by atoms with Gasteiger partial charge in [0, 0.05) is 32.5 Å². The van der Waals surface area contributed by atoms with Crippen LogP contribution in [-0.4, -0.2) is 60.9 Å². The van der Waals surface area contributed by atoms with Gasteiger partial charge in [0.25, 0.3) is 0 Å². The average molecular weight is 374 g/mol. The predicted octanol–water partition coefficient (Wildman–Crippen LogP) is 1.55. The van der Waals surface area contributed by atoms with Gasteiger partial charge in [-0.05, 0) is 25.5 Å². The van der Waals surface area contributed by atoms with E-state index in [-0.39, 0.29) is 43.0 Å². The lowest BCUT2D eigenvalue weighted by molar-refractivity contribution is -0.135. The highest BCUT2D eigenvalue weighted by atomic mass is 16.5. The number of ether oxygens (including phenoxy) is 2. The normalized spacial score (nSPS) is 23.4. The number of nitrogens with one attached hydrogen (secondary N) is 1. The molecule has 27 heavy (non-hydrogen) atoms. The van der Waals surface area contributed by atoms with Crippen molar-refractivity contribution in [3.8, 4) is 5.75 Å². The molecule has 0 radical (unpaired) electrons. The number of hydrogen-bond acceptors (Lipinski definition) is 5. The van der Waals surface area contributed by atoms with Gasteiger partial charge in [-0.1, -0.05) is 12.1 Å². The maximum Gasteiger partial charge on any atom is 0.239 e. The number of amides is 2. The molecule has 1 N–H and O–H groups in total. The highest BCUT2D eigenvalue weighted by Crippen LogP contribution is 2.39. The van der Waals surface area contributed by atoms with Crippen LogP contribution in [0.1, 0.15) is 43.0 Å². The second kappa shape index (κ2) is 8.08. The van der Waals surface area contributed by atoms with Crippen LogP contribution in [0.5, 0.6) is 5.75 Å². The standard InChI is InChI=1S/C20H26N2O5/c1-14(13-26-2)21-18(24)12-22-10-9-20(8-7-19(22)25)11-16(23)15-5-3-4-6-17(15)27-20/h3-6,14H,7-13H2,1-2H3,(H,21,24)/t14-,20-/m1/s1. The van der Waals surface area contributed by atoms with E-state index in [9.17, 15) is 14.4 Å². The van der Waals surface area contributed by atoms with Crippen molar-refractivity contribution in [1.29, 1.82) is 0 Å². The van der Waals surface area contributed by atoms with E-state index in [1.807, 2.05) is 19.1 Å². The molecule has 7 heteroatoms. The lowest BCUT2D eigenvalue weighted by Crippen LogP contribution is -2.45. The van der Waals surface area contributed by atoms with Crippen molar-refractivity contribution in [2.75, 3.05) is 26.8 Å². The minimum atomic E-state index is -0.671.